The van der Waals surface area contributed by atoms with Crippen LogP contribution in [0.15, 0.2) is 65.0 Å². The molecule has 2 aromatic carbocycles. The molecule has 2 aromatic rings. The van der Waals surface area contributed by atoms with E-state index >= 15 is 0 Å². The van der Waals surface area contributed by atoms with Gasteiger partial charge in [0.25, 0.3) is 0 Å². The molecule has 0 fully saturated rings. The highest BCUT2D eigenvalue weighted by Crippen LogP contribution is 2.46. The van der Waals surface area contributed by atoms with Crippen molar-refractivity contribution in [3.8, 4) is 17.2 Å². The number of dihydropyridines is 1. The summed E-state index contributed by atoms with van der Waals surface area (Å²) in [5, 5.41) is 13.2. The maximum atomic E-state index is 13.7. The Kier molecular flexibility index (Phi) is 7.64. The molecule has 8 heteroatoms. The minimum absolute atomic E-state index is 0.0451. The summed E-state index contributed by atoms with van der Waals surface area (Å²) in [5.74, 6) is 0.130. The van der Waals surface area contributed by atoms with Crippen molar-refractivity contribution in [2.75, 3.05) is 34.5 Å². The average molecular weight is 494 g/mol. The van der Waals surface area contributed by atoms with E-state index in [1.165, 1.54) is 7.11 Å². The Bertz CT molecular complexity index is 1210. The third-order valence-electron chi connectivity index (χ3n) is 6.67. The van der Waals surface area contributed by atoms with Gasteiger partial charge in [0.05, 0.1) is 26.4 Å². The van der Waals surface area contributed by atoms with Gasteiger partial charge in [-0.15, -0.1) is 0 Å². The predicted octanol–water partition coefficient (Wildman–Crippen LogP) is 3.96. The molecule has 0 aromatic heterocycles. The summed E-state index contributed by atoms with van der Waals surface area (Å²) >= 11 is 0. The van der Waals surface area contributed by atoms with Gasteiger partial charge in [0.1, 0.15) is 12.4 Å². The second-order valence-electron chi connectivity index (χ2n) is 8.85. The molecule has 0 amide bonds. The monoisotopic (exact) mass is 493 g/mol. The fourth-order valence-corrected chi connectivity index (χ4v) is 4.95. The van der Waals surface area contributed by atoms with E-state index in [1.54, 1.807) is 38.5 Å². The Balaban J connectivity index is 1.73. The molecule has 2 atom stereocenters. The molecule has 1 aliphatic carbocycles. The van der Waals surface area contributed by atoms with Crippen molar-refractivity contribution in [1.29, 1.82) is 0 Å². The molecule has 1 aliphatic heterocycles. The van der Waals surface area contributed by atoms with Crippen LogP contribution in [0.2, 0.25) is 0 Å². The number of ether oxygens (including phenoxy) is 4. The second-order valence-corrected chi connectivity index (χ2v) is 8.85. The molecule has 0 saturated carbocycles. The average Bonchev–Trinajstić information content (AvgIpc) is 2.87. The Morgan fingerprint density at radius 3 is 2.33 bits per heavy atom. The van der Waals surface area contributed by atoms with Crippen LogP contribution in [0.4, 0.5) is 0 Å². The van der Waals surface area contributed by atoms with E-state index in [-0.39, 0.29) is 37.1 Å². The highest BCUT2D eigenvalue weighted by atomic mass is 16.6. The summed E-state index contributed by atoms with van der Waals surface area (Å²) in [4.78, 5) is 26.8. The number of phenols is 1. The molecule has 2 aliphatic rings. The fraction of sp³-hybridized carbons (Fsp3) is 0.357. The van der Waals surface area contributed by atoms with Crippen LogP contribution in [-0.2, 0) is 19.1 Å². The lowest BCUT2D eigenvalue weighted by Gasteiger charge is -2.36. The first-order chi connectivity index (χ1) is 17.4. The number of methoxy groups -OCH3 is 3. The van der Waals surface area contributed by atoms with E-state index in [9.17, 15) is 14.7 Å². The normalized spacial score (nSPS) is 19.5. The molecule has 4 rings (SSSR count). The molecule has 2 N–H and O–H groups in total. The molecule has 190 valence electrons. The third-order valence-corrected chi connectivity index (χ3v) is 6.67. The number of benzene rings is 2. The number of hydrogen-bond acceptors (Lipinski definition) is 8. The number of phenolic OH excluding ortho intramolecular Hbond substituents is 1. The highest BCUT2D eigenvalue weighted by molar-refractivity contribution is 6.04. The van der Waals surface area contributed by atoms with Crippen molar-refractivity contribution >= 4 is 11.8 Å². The van der Waals surface area contributed by atoms with E-state index in [2.05, 4.69) is 5.32 Å². The van der Waals surface area contributed by atoms with Crippen LogP contribution in [0, 0.1) is 0 Å². The second kappa shape index (κ2) is 10.9. The molecule has 0 spiro atoms. The Labute approximate surface area is 210 Å². The molecule has 0 saturated heterocycles. The summed E-state index contributed by atoms with van der Waals surface area (Å²) in [5.41, 5.74) is 4.07. The van der Waals surface area contributed by atoms with Crippen LogP contribution >= 0.6 is 0 Å². The summed E-state index contributed by atoms with van der Waals surface area (Å²) in [6.45, 7) is 2.19. The van der Waals surface area contributed by atoms with Crippen LogP contribution < -0.4 is 14.8 Å². The van der Waals surface area contributed by atoms with Gasteiger partial charge in [-0.1, -0.05) is 18.2 Å². The molecule has 1 heterocycles. The quantitative estimate of drug-likeness (QED) is 0.421. The topological polar surface area (TPSA) is 103 Å². The summed E-state index contributed by atoms with van der Waals surface area (Å²) in [7, 11) is 4.70. The van der Waals surface area contributed by atoms with Gasteiger partial charge in [-0.25, -0.2) is 4.79 Å². The third kappa shape index (κ3) is 4.95. The van der Waals surface area contributed by atoms with Crippen molar-refractivity contribution in [2.24, 2.45) is 0 Å². The molecule has 0 radical (unpaired) electrons. The predicted molar refractivity (Wildman–Crippen MR) is 133 cm³/mol. The maximum absolute atomic E-state index is 13.7. The molecule has 0 bridgehead atoms. The first-order valence-electron chi connectivity index (χ1n) is 11.8. The number of Topliss-reactive ketones (excluding diaryl/α,β-unsaturated/α-hetero) is 1. The SMILES string of the molecule is COCCOC(=O)C1=C(C)NC2=C(C(=O)C[C@H](c3ccc(OC)c(OC)c3)C2)[C@H]1c1ccc(O)cc1. The first kappa shape index (κ1) is 25.3. The lowest BCUT2D eigenvalue weighted by Crippen LogP contribution is -2.36. The van der Waals surface area contributed by atoms with Gasteiger partial charge in [0.15, 0.2) is 17.3 Å². The van der Waals surface area contributed by atoms with E-state index in [4.69, 9.17) is 18.9 Å². The van der Waals surface area contributed by atoms with Gasteiger partial charge in [-0.3, -0.25) is 4.79 Å². The van der Waals surface area contributed by atoms with Crippen molar-refractivity contribution in [1.82, 2.24) is 5.32 Å². The number of ketones is 1. The molecule has 36 heavy (non-hydrogen) atoms. The van der Waals surface area contributed by atoms with Gasteiger partial charge >= 0.3 is 5.97 Å². The summed E-state index contributed by atoms with van der Waals surface area (Å²) in [6.07, 6.45) is 0.879. The lowest BCUT2D eigenvalue weighted by atomic mass is 9.71. The number of rotatable bonds is 8. The smallest absolute Gasteiger partial charge is 0.336 e. The van der Waals surface area contributed by atoms with Gasteiger partial charge < -0.3 is 29.4 Å². The molecular weight excluding hydrogens is 462 g/mol. The van der Waals surface area contributed by atoms with Crippen LogP contribution in [0.25, 0.3) is 0 Å². The number of carbonyl (C=O) groups excluding carboxylic acids is 2. The van der Waals surface area contributed by atoms with E-state index < -0.39 is 11.9 Å². The van der Waals surface area contributed by atoms with Crippen LogP contribution in [0.5, 0.6) is 17.2 Å². The minimum Gasteiger partial charge on any atom is -0.508 e. The molecule has 8 nitrogen and oxygen atoms in total. The van der Waals surface area contributed by atoms with Gasteiger partial charge in [0.2, 0.25) is 0 Å². The standard InChI is InChI=1S/C28H31NO7/c1-16-25(28(32)36-12-11-33-2)26(17-5-8-20(30)9-6-17)27-21(29-16)13-19(14-22(27)31)18-7-10-23(34-3)24(15-18)35-4/h5-10,15,19,26,29-30H,11-14H2,1-4H3/t19-,26+/m1/s1. The minimum atomic E-state index is -0.601. The van der Waals surface area contributed by atoms with E-state index in [1.807, 2.05) is 25.1 Å². The van der Waals surface area contributed by atoms with Gasteiger partial charge in [-0.05, 0) is 54.7 Å². The molecular formula is C28H31NO7. The van der Waals surface area contributed by atoms with Crippen LogP contribution in [0.3, 0.4) is 0 Å². The zero-order valence-corrected chi connectivity index (χ0v) is 20.9. The first-order valence-corrected chi connectivity index (χ1v) is 11.8. The largest absolute Gasteiger partial charge is 0.508 e. The number of hydrogen-bond donors (Lipinski definition) is 2. The van der Waals surface area contributed by atoms with Crippen LogP contribution in [0.1, 0.15) is 42.7 Å². The summed E-state index contributed by atoms with van der Waals surface area (Å²) < 4.78 is 21.3. The number of esters is 1. The zero-order chi connectivity index (χ0) is 25.8. The van der Waals surface area contributed by atoms with Gasteiger partial charge in [0, 0.05) is 36.4 Å². The Morgan fingerprint density at radius 1 is 0.972 bits per heavy atom. The van der Waals surface area contributed by atoms with Crippen molar-refractivity contribution in [2.45, 2.75) is 31.6 Å². The summed E-state index contributed by atoms with van der Waals surface area (Å²) in [6, 6.07) is 12.3. The van der Waals surface area contributed by atoms with Crippen molar-refractivity contribution in [3.05, 3.63) is 76.1 Å². The van der Waals surface area contributed by atoms with Crippen molar-refractivity contribution < 1.29 is 33.6 Å². The Hall–Kier alpha value is -3.78. The van der Waals surface area contributed by atoms with E-state index in [0.717, 1.165) is 16.8 Å². The maximum Gasteiger partial charge on any atom is 0.336 e. The van der Waals surface area contributed by atoms with Gasteiger partial charge in [-0.2, -0.15) is 0 Å². The van der Waals surface area contributed by atoms with Crippen LogP contribution in [-0.4, -0.2) is 51.4 Å². The number of nitrogens with one attached hydrogen (secondary N) is 1. The Morgan fingerprint density at radius 2 is 1.67 bits per heavy atom. The lowest BCUT2D eigenvalue weighted by molar-refractivity contribution is -0.140. The number of aromatic hydroxyl groups is 1. The van der Waals surface area contributed by atoms with Crippen molar-refractivity contribution in [3.63, 3.8) is 0 Å². The van der Waals surface area contributed by atoms with E-state index in [0.29, 0.717) is 34.8 Å². The molecule has 0 unspecified atom stereocenters. The fourth-order valence-electron chi connectivity index (χ4n) is 4.95. The zero-order valence-electron chi connectivity index (χ0n) is 20.9. The number of allylic oxidation sites excluding steroid dienone is 3. The highest BCUT2D eigenvalue weighted by Gasteiger charge is 2.41. The number of carbonyl (C=O) groups is 2.